The molecule has 35 heavy (non-hydrogen) atoms. The van der Waals surface area contributed by atoms with Crippen LogP contribution >= 0.6 is 0 Å². The van der Waals surface area contributed by atoms with Gasteiger partial charge in [-0.25, -0.2) is 0 Å². The second kappa shape index (κ2) is 13.0. The van der Waals surface area contributed by atoms with Crippen LogP contribution in [0.1, 0.15) is 101 Å². The predicted octanol–water partition coefficient (Wildman–Crippen LogP) is 9.27. The molecule has 0 amide bonds. The fourth-order valence-corrected chi connectivity index (χ4v) is 4.14. The van der Waals surface area contributed by atoms with Crippen LogP contribution in [0.15, 0.2) is 48.8 Å². The van der Waals surface area contributed by atoms with E-state index in [1.54, 1.807) is 0 Å². The maximum atomic E-state index is 9.75. The minimum absolute atomic E-state index is 0. The van der Waals surface area contributed by atoms with Crippen LogP contribution in [0.2, 0.25) is 0 Å². The summed E-state index contributed by atoms with van der Waals surface area (Å²) in [5.74, 6) is 1.84. The molecule has 1 aliphatic heterocycles. The SMILES string of the molecule is CC(C)c1cccc(C(C)C)c1N1[C]N(c2c(C(C)C)cccc2C(C)C)C=C1.F[B-](F)(F)F.[Au+]. The zero-order valence-electron chi connectivity index (χ0n) is 21.7. The van der Waals surface area contributed by atoms with E-state index in [0.29, 0.717) is 23.7 Å². The van der Waals surface area contributed by atoms with E-state index in [4.69, 9.17) is 0 Å². The summed E-state index contributed by atoms with van der Waals surface area (Å²) < 4.78 is 39.0. The van der Waals surface area contributed by atoms with Gasteiger partial charge in [-0.15, -0.1) is 0 Å². The molecule has 0 atom stereocenters. The molecule has 0 aromatic heterocycles. The van der Waals surface area contributed by atoms with E-state index in [1.807, 2.05) is 0 Å². The number of nitrogens with zero attached hydrogens (tertiary/aromatic N) is 2. The molecule has 0 unspecified atom stereocenters. The third-order valence-corrected chi connectivity index (χ3v) is 5.75. The summed E-state index contributed by atoms with van der Waals surface area (Å²) in [6.07, 6.45) is 4.32. The molecule has 2 aromatic rings. The second-order valence-electron chi connectivity index (χ2n) is 9.82. The monoisotopic (exact) mass is 672 g/mol. The summed E-state index contributed by atoms with van der Waals surface area (Å²) in [6.45, 7) is 21.8. The van der Waals surface area contributed by atoms with Gasteiger partial charge in [0.2, 0.25) is 6.67 Å². The van der Waals surface area contributed by atoms with E-state index >= 15 is 0 Å². The van der Waals surface area contributed by atoms with Crippen LogP contribution in [0.4, 0.5) is 28.6 Å². The first-order valence-corrected chi connectivity index (χ1v) is 11.9. The van der Waals surface area contributed by atoms with Crippen molar-refractivity contribution in [2.24, 2.45) is 0 Å². The summed E-state index contributed by atoms with van der Waals surface area (Å²) in [5, 5.41) is 0. The van der Waals surface area contributed by atoms with Gasteiger partial charge >= 0.3 is 29.6 Å². The zero-order chi connectivity index (χ0) is 25.8. The zero-order valence-corrected chi connectivity index (χ0v) is 23.9. The van der Waals surface area contributed by atoms with Gasteiger partial charge < -0.3 is 27.1 Å². The standard InChI is InChI=1S/C27H36N2.Au.BF4/c1-18(2)22-11-9-12-23(19(3)4)26(22)28-15-16-29(17-28)27-24(20(5)6)13-10-14-25(27)21(7)8;;2-1(3,4)5/h9-16,18-21H,1-8H3;;/q;+1;-1. The van der Waals surface area contributed by atoms with Gasteiger partial charge in [0, 0.05) is 12.4 Å². The van der Waals surface area contributed by atoms with E-state index in [9.17, 15) is 17.3 Å². The topological polar surface area (TPSA) is 6.48 Å². The van der Waals surface area contributed by atoms with Gasteiger partial charge in [0.05, 0.1) is 11.4 Å². The van der Waals surface area contributed by atoms with Gasteiger partial charge in [0.1, 0.15) is 0 Å². The smallest absolute Gasteiger partial charge is 0.418 e. The molecule has 0 spiro atoms. The van der Waals surface area contributed by atoms with Crippen LogP contribution in [0.3, 0.4) is 0 Å². The van der Waals surface area contributed by atoms with Crippen LogP contribution < -0.4 is 9.80 Å². The quantitative estimate of drug-likeness (QED) is 0.223. The molecule has 8 heteroatoms. The Balaban J connectivity index is 0.000000927. The normalized spacial score (nSPS) is 13.6. The Morgan fingerprint density at radius 1 is 0.571 bits per heavy atom. The van der Waals surface area contributed by atoms with E-state index in [-0.39, 0.29) is 22.4 Å². The van der Waals surface area contributed by atoms with E-state index in [0.717, 1.165) is 0 Å². The van der Waals surface area contributed by atoms with E-state index in [2.05, 4.69) is 121 Å². The van der Waals surface area contributed by atoms with Gasteiger partial charge in [-0.2, -0.15) is 0 Å². The number of hydrogen-bond donors (Lipinski definition) is 0. The van der Waals surface area contributed by atoms with Crippen LogP contribution in [0, 0.1) is 6.67 Å². The number of rotatable bonds is 6. The van der Waals surface area contributed by atoms with Crippen LogP contribution in [0.5, 0.6) is 0 Å². The minimum atomic E-state index is -6.00. The van der Waals surface area contributed by atoms with Crippen molar-refractivity contribution in [1.82, 2.24) is 0 Å². The molecule has 196 valence electrons. The Kier molecular flexibility index (Phi) is 11.7. The summed E-state index contributed by atoms with van der Waals surface area (Å²) in [6, 6.07) is 13.4. The molecule has 2 aromatic carbocycles. The Morgan fingerprint density at radius 3 is 1.00 bits per heavy atom. The summed E-state index contributed by atoms with van der Waals surface area (Å²) in [5.41, 5.74) is 8.05. The van der Waals surface area contributed by atoms with Crippen molar-refractivity contribution in [3.05, 3.63) is 77.7 Å². The molecule has 2 nitrogen and oxygen atoms in total. The Bertz CT molecular complexity index is 858. The molecule has 0 N–H and O–H groups in total. The number of halogens is 4. The maximum Gasteiger partial charge on any atom is 1.00 e. The third-order valence-electron chi connectivity index (χ3n) is 5.75. The number of hydrogen-bond acceptors (Lipinski definition) is 2. The van der Waals surface area contributed by atoms with Crippen molar-refractivity contribution < 1.29 is 39.6 Å². The second-order valence-corrected chi connectivity index (χ2v) is 9.82. The van der Waals surface area contributed by atoms with Gasteiger partial charge in [-0.05, 0) is 45.9 Å². The van der Waals surface area contributed by atoms with Gasteiger partial charge in [-0.3, -0.25) is 0 Å². The molecular weight excluding hydrogens is 636 g/mol. The Labute approximate surface area is 224 Å². The first kappa shape index (κ1) is 31.3. The molecule has 0 fully saturated rings. The van der Waals surface area contributed by atoms with Crippen molar-refractivity contribution in [3.8, 4) is 0 Å². The molecule has 1 heterocycles. The maximum absolute atomic E-state index is 9.75. The van der Waals surface area contributed by atoms with Gasteiger partial charge in [-0.1, -0.05) is 91.8 Å². The molecule has 0 saturated carbocycles. The van der Waals surface area contributed by atoms with Gasteiger partial charge in [0.15, 0.2) is 0 Å². The molecule has 0 bridgehead atoms. The molecule has 0 saturated heterocycles. The number of anilines is 2. The molecule has 0 aliphatic carbocycles. The van der Waals surface area contributed by atoms with Crippen molar-refractivity contribution >= 4 is 18.6 Å². The van der Waals surface area contributed by atoms with Crippen molar-refractivity contribution in [2.75, 3.05) is 9.80 Å². The van der Waals surface area contributed by atoms with Crippen LogP contribution in [-0.2, 0) is 22.4 Å². The predicted molar refractivity (Wildman–Crippen MR) is 137 cm³/mol. The van der Waals surface area contributed by atoms with Gasteiger partial charge in [0.25, 0.3) is 0 Å². The Hall–Kier alpha value is -1.69. The van der Waals surface area contributed by atoms with Crippen molar-refractivity contribution in [2.45, 2.75) is 79.1 Å². The summed E-state index contributed by atoms with van der Waals surface area (Å²) in [4.78, 5) is 4.40. The fraction of sp³-hybridized carbons (Fsp3) is 0.444. The Morgan fingerprint density at radius 2 is 0.800 bits per heavy atom. The van der Waals surface area contributed by atoms with Crippen LogP contribution in [-0.4, -0.2) is 7.25 Å². The van der Waals surface area contributed by atoms with Crippen molar-refractivity contribution in [3.63, 3.8) is 0 Å². The molecule has 1 aliphatic rings. The van der Waals surface area contributed by atoms with Crippen molar-refractivity contribution in [1.29, 1.82) is 0 Å². The van der Waals surface area contributed by atoms with E-state index < -0.39 is 7.25 Å². The summed E-state index contributed by atoms with van der Waals surface area (Å²) >= 11 is 0. The fourth-order valence-electron chi connectivity index (χ4n) is 4.14. The molecule has 2 radical (unpaired) electrons. The number of para-hydroxylation sites is 2. The van der Waals surface area contributed by atoms with E-state index in [1.165, 1.54) is 33.6 Å². The molecular formula is C27H36AuBF4N2. The molecule has 3 rings (SSSR count). The van der Waals surface area contributed by atoms with Crippen LogP contribution in [0.25, 0.3) is 0 Å². The average Bonchev–Trinajstić information content (AvgIpc) is 3.20. The third kappa shape index (κ3) is 8.44. The summed E-state index contributed by atoms with van der Waals surface area (Å²) in [7, 11) is -6.00. The largest absolute Gasteiger partial charge is 1.00 e. The minimum Gasteiger partial charge on any atom is -0.418 e. The average molecular weight is 672 g/mol. The first-order valence-electron chi connectivity index (χ1n) is 11.9. The first-order chi connectivity index (χ1) is 15.7. The number of benzene rings is 2.